The van der Waals surface area contributed by atoms with Gasteiger partial charge in [-0.15, -0.1) is 0 Å². The first-order valence-corrected chi connectivity index (χ1v) is 7.53. The highest BCUT2D eigenvalue weighted by molar-refractivity contribution is 7.98. The van der Waals surface area contributed by atoms with E-state index in [-0.39, 0.29) is 0 Å². The van der Waals surface area contributed by atoms with Crippen LogP contribution in [-0.4, -0.2) is 42.0 Å². The second kappa shape index (κ2) is 8.37. The number of nitrogens with one attached hydrogen (secondary N) is 1. The molecule has 0 atom stereocenters. The van der Waals surface area contributed by atoms with E-state index in [1.165, 1.54) is 5.75 Å². The first-order valence-electron chi connectivity index (χ1n) is 6.13. The van der Waals surface area contributed by atoms with E-state index < -0.39 is 0 Å². The van der Waals surface area contributed by atoms with Crippen LogP contribution in [0.15, 0.2) is 18.2 Å². The molecule has 0 aliphatic carbocycles. The van der Waals surface area contributed by atoms with E-state index in [1.54, 1.807) is 0 Å². The van der Waals surface area contributed by atoms with Crippen LogP contribution in [0.2, 0.25) is 0 Å². The Morgan fingerprint density at radius 1 is 1.41 bits per heavy atom. The van der Waals surface area contributed by atoms with Gasteiger partial charge in [0.05, 0.1) is 5.69 Å². The Balaban J connectivity index is 2.47. The van der Waals surface area contributed by atoms with Crippen molar-refractivity contribution in [2.75, 3.05) is 37.5 Å². The molecule has 4 heteroatoms. The van der Waals surface area contributed by atoms with Crippen molar-refractivity contribution in [1.29, 1.82) is 0 Å². The predicted molar refractivity (Wildman–Crippen MR) is 77.7 cm³/mol. The van der Waals surface area contributed by atoms with Gasteiger partial charge in [-0.05, 0) is 31.9 Å². The highest BCUT2D eigenvalue weighted by Gasteiger charge is 2.02. The Hall–Kier alpha value is -0.740. The van der Waals surface area contributed by atoms with Crippen molar-refractivity contribution in [3.8, 4) is 0 Å². The lowest BCUT2D eigenvalue weighted by molar-refractivity contribution is 0.344. The molecule has 0 spiro atoms. The van der Waals surface area contributed by atoms with Gasteiger partial charge in [-0.3, -0.25) is 4.90 Å². The molecule has 0 aliphatic rings. The molecule has 0 fully saturated rings. The van der Waals surface area contributed by atoms with Crippen molar-refractivity contribution in [3.63, 3.8) is 0 Å². The molecule has 17 heavy (non-hydrogen) atoms. The molecule has 1 aromatic rings. The Labute approximate surface area is 109 Å². The molecule has 0 saturated carbocycles. The highest BCUT2D eigenvalue weighted by atomic mass is 32.2. The number of thioether (sulfide) groups is 1. The Morgan fingerprint density at radius 2 is 2.24 bits per heavy atom. The van der Waals surface area contributed by atoms with E-state index in [2.05, 4.69) is 47.6 Å². The normalized spacial score (nSPS) is 10.8. The molecule has 3 nitrogen and oxygen atoms in total. The predicted octanol–water partition coefficient (Wildman–Crippen LogP) is 2.70. The zero-order chi connectivity index (χ0) is 12.5. The van der Waals surface area contributed by atoms with Crippen LogP contribution in [-0.2, 0) is 6.54 Å². The standard InChI is InChI=1S/C13H23N3S/c1-4-8-14-13-7-5-6-12(15-13)11-16(2)9-10-17-3/h5-7H,4,8-11H2,1-3H3,(H,14,15). The van der Waals surface area contributed by atoms with Crippen LogP contribution in [0, 0.1) is 0 Å². The Morgan fingerprint density at radius 3 is 2.94 bits per heavy atom. The lowest BCUT2D eigenvalue weighted by atomic mass is 10.3. The minimum atomic E-state index is 0.919. The van der Waals surface area contributed by atoms with E-state index in [0.29, 0.717) is 0 Å². The molecular formula is C13H23N3S. The molecule has 1 heterocycles. The molecule has 0 aromatic carbocycles. The van der Waals surface area contributed by atoms with Crippen molar-refractivity contribution < 1.29 is 0 Å². The van der Waals surface area contributed by atoms with Gasteiger partial charge in [-0.25, -0.2) is 4.98 Å². The molecular weight excluding hydrogens is 230 g/mol. The summed E-state index contributed by atoms with van der Waals surface area (Å²) in [4.78, 5) is 6.91. The van der Waals surface area contributed by atoms with Gasteiger partial charge in [0.2, 0.25) is 0 Å². The topological polar surface area (TPSA) is 28.2 Å². The number of hydrogen-bond acceptors (Lipinski definition) is 4. The van der Waals surface area contributed by atoms with Crippen molar-refractivity contribution in [2.45, 2.75) is 19.9 Å². The minimum Gasteiger partial charge on any atom is -0.370 e. The van der Waals surface area contributed by atoms with Crippen LogP contribution >= 0.6 is 11.8 Å². The summed E-state index contributed by atoms with van der Waals surface area (Å²) < 4.78 is 0. The van der Waals surface area contributed by atoms with Crippen LogP contribution in [0.3, 0.4) is 0 Å². The van der Waals surface area contributed by atoms with Crippen molar-refractivity contribution in [1.82, 2.24) is 9.88 Å². The van der Waals surface area contributed by atoms with Gasteiger partial charge in [0.1, 0.15) is 5.82 Å². The third-order valence-corrected chi connectivity index (χ3v) is 3.06. The number of hydrogen-bond donors (Lipinski definition) is 1. The molecule has 0 aliphatic heterocycles. The zero-order valence-electron chi connectivity index (χ0n) is 11.1. The third-order valence-electron chi connectivity index (χ3n) is 2.47. The lowest BCUT2D eigenvalue weighted by Crippen LogP contribution is -2.21. The lowest BCUT2D eigenvalue weighted by Gasteiger charge is -2.15. The fourth-order valence-electron chi connectivity index (χ4n) is 1.52. The van der Waals surface area contributed by atoms with Crippen LogP contribution < -0.4 is 5.32 Å². The number of pyridine rings is 1. The summed E-state index contributed by atoms with van der Waals surface area (Å²) in [5.74, 6) is 2.16. The summed E-state index contributed by atoms with van der Waals surface area (Å²) in [5.41, 5.74) is 1.13. The molecule has 0 bridgehead atoms. The Kier molecular flexibility index (Phi) is 7.05. The van der Waals surface area contributed by atoms with E-state index in [1.807, 2.05) is 17.8 Å². The SMILES string of the molecule is CCCNc1cccc(CN(C)CCSC)n1. The quantitative estimate of drug-likeness (QED) is 0.771. The largest absolute Gasteiger partial charge is 0.370 e. The van der Waals surface area contributed by atoms with Crippen LogP contribution in [0.4, 0.5) is 5.82 Å². The number of rotatable bonds is 8. The first kappa shape index (κ1) is 14.3. The average molecular weight is 253 g/mol. The fourth-order valence-corrected chi connectivity index (χ4v) is 2.02. The molecule has 1 N–H and O–H groups in total. The summed E-state index contributed by atoms with van der Waals surface area (Å²) in [6.07, 6.45) is 3.26. The molecule has 0 saturated heterocycles. The van der Waals surface area contributed by atoms with Gasteiger partial charge in [-0.2, -0.15) is 11.8 Å². The van der Waals surface area contributed by atoms with Gasteiger partial charge in [0.25, 0.3) is 0 Å². The summed E-state index contributed by atoms with van der Waals surface area (Å²) in [7, 11) is 2.14. The average Bonchev–Trinajstić information content (AvgIpc) is 2.34. The maximum Gasteiger partial charge on any atom is 0.126 e. The van der Waals surface area contributed by atoms with Crippen molar-refractivity contribution in [2.24, 2.45) is 0 Å². The van der Waals surface area contributed by atoms with Gasteiger partial charge < -0.3 is 5.32 Å². The minimum absolute atomic E-state index is 0.919. The summed E-state index contributed by atoms with van der Waals surface area (Å²) in [6.45, 7) is 5.17. The van der Waals surface area contributed by atoms with Gasteiger partial charge >= 0.3 is 0 Å². The number of anilines is 1. The number of nitrogens with zero attached hydrogens (tertiary/aromatic N) is 2. The van der Waals surface area contributed by atoms with E-state index in [9.17, 15) is 0 Å². The van der Waals surface area contributed by atoms with Crippen molar-refractivity contribution in [3.05, 3.63) is 23.9 Å². The fraction of sp³-hybridized carbons (Fsp3) is 0.615. The van der Waals surface area contributed by atoms with Crippen molar-refractivity contribution >= 4 is 17.6 Å². The maximum absolute atomic E-state index is 4.60. The molecule has 1 aromatic heterocycles. The summed E-state index contributed by atoms with van der Waals surface area (Å²) >= 11 is 1.88. The molecule has 0 radical (unpaired) electrons. The monoisotopic (exact) mass is 253 g/mol. The maximum atomic E-state index is 4.60. The smallest absolute Gasteiger partial charge is 0.126 e. The second-order valence-corrected chi connectivity index (χ2v) is 5.16. The molecule has 0 amide bonds. The van der Waals surface area contributed by atoms with E-state index in [0.717, 1.165) is 37.6 Å². The molecule has 1 rings (SSSR count). The molecule has 96 valence electrons. The van der Waals surface area contributed by atoms with Crippen LogP contribution in [0.25, 0.3) is 0 Å². The van der Waals surface area contributed by atoms with Crippen LogP contribution in [0.5, 0.6) is 0 Å². The molecule has 0 unspecified atom stereocenters. The Bertz CT molecular complexity index is 317. The third kappa shape index (κ3) is 5.94. The first-order chi connectivity index (χ1) is 8.26. The van der Waals surface area contributed by atoms with E-state index >= 15 is 0 Å². The van der Waals surface area contributed by atoms with Gasteiger partial charge in [0.15, 0.2) is 0 Å². The van der Waals surface area contributed by atoms with Gasteiger partial charge in [0, 0.05) is 25.4 Å². The second-order valence-electron chi connectivity index (χ2n) is 4.17. The summed E-state index contributed by atoms with van der Waals surface area (Å²) in [6, 6.07) is 6.19. The van der Waals surface area contributed by atoms with Crippen LogP contribution in [0.1, 0.15) is 19.0 Å². The summed E-state index contributed by atoms with van der Waals surface area (Å²) in [5, 5.41) is 3.32. The van der Waals surface area contributed by atoms with E-state index in [4.69, 9.17) is 0 Å². The highest BCUT2D eigenvalue weighted by Crippen LogP contribution is 2.07. The van der Waals surface area contributed by atoms with Gasteiger partial charge in [-0.1, -0.05) is 13.0 Å². The number of aromatic nitrogens is 1. The zero-order valence-corrected chi connectivity index (χ0v) is 11.9.